The summed E-state index contributed by atoms with van der Waals surface area (Å²) >= 11 is 0. The summed E-state index contributed by atoms with van der Waals surface area (Å²) in [4.78, 5) is 32.0. The fraction of sp³-hybridized carbons (Fsp3) is 0.556. The van der Waals surface area contributed by atoms with E-state index in [0.29, 0.717) is 12.8 Å². The summed E-state index contributed by atoms with van der Waals surface area (Å²) in [5.74, 6) is -1.34. The summed E-state index contributed by atoms with van der Waals surface area (Å²) in [5.41, 5.74) is 4.41. The molecule has 112 valence electrons. The maximum Gasteiger partial charge on any atom is 0.469 e. The van der Waals surface area contributed by atoms with Crippen molar-refractivity contribution in [2.45, 2.75) is 25.2 Å². The maximum atomic E-state index is 13.3. The van der Waals surface area contributed by atoms with Gasteiger partial charge in [-0.3, -0.25) is 9.09 Å². The van der Waals surface area contributed by atoms with Crippen LogP contribution in [-0.2, 0) is 13.8 Å². The molecule has 11 heteroatoms. The van der Waals surface area contributed by atoms with E-state index >= 15 is 0 Å². The second kappa shape index (κ2) is 5.58. The smallest absolute Gasteiger partial charge is 0.381 e. The van der Waals surface area contributed by atoms with Gasteiger partial charge in [0.05, 0.1) is 18.9 Å². The van der Waals surface area contributed by atoms with Gasteiger partial charge in [-0.2, -0.15) is 4.98 Å². The highest BCUT2D eigenvalue weighted by Gasteiger charge is 2.30. The molecule has 0 bridgehead atoms. The fourth-order valence-electron chi connectivity index (χ4n) is 1.86. The van der Waals surface area contributed by atoms with Crippen LogP contribution in [0.25, 0.3) is 0 Å². The van der Waals surface area contributed by atoms with Crippen molar-refractivity contribution in [3.05, 3.63) is 22.5 Å². The van der Waals surface area contributed by atoms with Gasteiger partial charge in [-0.25, -0.2) is 13.8 Å². The number of phosphoric acid groups is 1. The van der Waals surface area contributed by atoms with Crippen molar-refractivity contribution < 1.29 is 28.0 Å². The number of anilines is 1. The first-order chi connectivity index (χ1) is 9.26. The molecule has 0 unspecified atom stereocenters. The number of rotatable bonds is 4. The zero-order chi connectivity index (χ0) is 14.9. The number of halogens is 1. The van der Waals surface area contributed by atoms with Crippen molar-refractivity contribution in [1.82, 2.24) is 9.55 Å². The summed E-state index contributed by atoms with van der Waals surface area (Å²) in [6.45, 7) is -0.319. The Balaban J connectivity index is 2.05. The molecule has 9 nitrogen and oxygen atoms in total. The number of phosphoric ester groups is 1. The van der Waals surface area contributed by atoms with Crippen LogP contribution in [0.4, 0.5) is 10.2 Å². The third kappa shape index (κ3) is 3.62. The quantitative estimate of drug-likeness (QED) is 0.648. The number of nitrogens with two attached hydrogens (primary N) is 1. The Bertz CT molecular complexity index is 602. The van der Waals surface area contributed by atoms with E-state index in [1.807, 2.05) is 0 Å². The first kappa shape index (κ1) is 15.1. The lowest BCUT2D eigenvalue weighted by Gasteiger charge is -2.16. The molecule has 2 atom stereocenters. The van der Waals surface area contributed by atoms with Crippen LogP contribution in [0, 0.1) is 5.82 Å². The number of hydrogen-bond acceptors (Lipinski definition) is 6. The number of nitrogens with zero attached hydrogens (tertiary/aromatic N) is 2. The lowest BCUT2D eigenvalue weighted by Crippen LogP contribution is -2.29. The molecule has 0 saturated carbocycles. The Hall–Kier alpha value is -1.32. The lowest BCUT2D eigenvalue weighted by molar-refractivity contribution is -0.0246. The number of hydrogen-bond donors (Lipinski definition) is 3. The van der Waals surface area contributed by atoms with Crippen molar-refractivity contribution in [3.63, 3.8) is 0 Å². The lowest BCUT2D eigenvalue weighted by atomic mass is 10.2. The first-order valence-corrected chi connectivity index (χ1v) is 7.19. The maximum absolute atomic E-state index is 13.3. The van der Waals surface area contributed by atoms with E-state index in [2.05, 4.69) is 9.51 Å². The molecule has 1 aliphatic heterocycles. The molecule has 1 aromatic rings. The van der Waals surface area contributed by atoms with Crippen LogP contribution in [0.15, 0.2) is 11.0 Å². The van der Waals surface area contributed by atoms with E-state index in [0.717, 1.165) is 10.8 Å². The Morgan fingerprint density at radius 3 is 2.95 bits per heavy atom. The monoisotopic (exact) mass is 309 g/mol. The van der Waals surface area contributed by atoms with Gasteiger partial charge in [0.1, 0.15) is 6.23 Å². The molecule has 20 heavy (non-hydrogen) atoms. The summed E-state index contributed by atoms with van der Waals surface area (Å²) < 4.78 is 34.5. The molecule has 4 N–H and O–H groups in total. The van der Waals surface area contributed by atoms with Crippen molar-refractivity contribution >= 4 is 13.6 Å². The second-order valence-corrected chi connectivity index (χ2v) is 5.48. The molecule has 2 rings (SSSR count). The molecule has 0 amide bonds. The zero-order valence-electron chi connectivity index (χ0n) is 10.2. The Kier molecular flexibility index (Phi) is 4.21. The van der Waals surface area contributed by atoms with Crippen LogP contribution in [0.2, 0.25) is 0 Å². The third-order valence-electron chi connectivity index (χ3n) is 2.76. The molecule has 1 saturated heterocycles. The summed E-state index contributed by atoms with van der Waals surface area (Å²) in [6.07, 6.45) is 0.292. The Morgan fingerprint density at radius 2 is 2.30 bits per heavy atom. The average Bonchev–Trinajstić information content (AvgIpc) is 2.79. The van der Waals surface area contributed by atoms with Crippen molar-refractivity contribution in [2.24, 2.45) is 0 Å². The van der Waals surface area contributed by atoms with Crippen LogP contribution >= 0.6 is 7.82 Å². The number of aromatic nitrogens is 2. The summed E-state index contributed by atoms with van der Waals surface area (Å²) in [5, 5.41) is 0. The van der Waals surface area contributed by atoms with Gasteiger partial charge >= 0.3 is 13.5 Å². The average molecular weight is 309 g/mol. The van der Waals surface area contributed by atoms with Gasteiger partial charge in [-0.15, -0.1) is 0 Å². The van der Waals surface area contributed by atoms with E-state index in [9.17, 15) is 13.8 Å². The summed E-state index contributed by atoms with van der Waals surface area (Å²) in [6, 6.07) is 0. The molecule has 1 aromatic heterocycles. The van der Waals surface area contributed by atoms with Gasteiger partial charge in [0.2, 0.25) is 0 Å². The molecule has 0 aliphatic carbocycles. The fourth-order valence-corrected chi connectivity index (χ4v) is 2.22. The Morgan fingerprint density at radius 1 is 1.60 bits per heavy atom. The predicted octanol–water partition coefficient (Wildman–Crippen LogP) is -0.249. The van der Waals surface area contributed by atoms with Gasteiger partial charge in [-0.1, -0.05) is 0 Å². The molecule has 1 fully saturated rings. The molecule has 1 aliphatic rings. The SMILES string of the molecule is Nc1nc(=O)n([C@@H]2CC[C@@H](COP(=O)(O)O)O2)cc1F. The molecular formula is C9H13FN3O6P. The van der Waals surface area contributed by atoms with E-state index < -0.39 is 37.5 Å². The van der Waals surface area contributed by atoms with Gasteiger partial charge in [0.15, 0.2) is 11.6 Å². The molecular weight excluding hydrogens is 296 g/mol. The van der Waals surface area contributed by atoms with E-state index in [1.54, 1.807) is 0 Å². The first-order valence-electron chi connectivity index (χ1n) is 5.66. The Labute approximate surface area is 112 Å². The zero-order valence-corrected chi connectivity index (χ0v) is 11.1. The normalized spacial score (nSPS) is 23.1. The topological polar surface area (TPSA) is 137 Å². The number of ether oxygens (including phenoxy) is 1. The van der Waals surface area contributed by atoms with Gasteiger partial charge < -0.3 is 20.3 Å². The number of nitrogen functional groups attached to an aromatic ring is 1. The van der Waals surface area contributed by atoms with Crippen LogP contribution in [0.3, 0.4) is 0 Å². The molecule has 0 radical (unpaired) electrons. The third-order valence-corrected chi connectivity index (χ3v) is 3.24. The van der Waals surface area contributed by atoms with E-state index in [4.69, 9.17) is 20.3 Å². The van der Waals surface area contributed by atoms with E-state index in [-0.39, 0.29) is 6.61 Å². The minimum atomic E-state index is -4.57. The van der Waals surface area contributed by atoms with Gasteiger partial charge in [0.25, 0.3) is 0 Å². The van der Waals surface area contributed by atoms with Gasteiger partial charge in [-0.05, 0) is 12.8 Å². The standard InChI is InChI=1S/C9H13FN3O6P/c10-6-3-13(9(14)12-8(6)11)7-2-1-5(19-7)4-18-20(15,16)17/h3,5,7H,1-2,4H2,(H2,11,12,14)(H2,15,16,17)/t5-,7-/m0/s1. The van der Waals surface area contributed by atoms with Crippen LogP contribution in [0.1, 0.15) is 19.1 Å². The van der Waals surface area contributed by atoms with Crippen molar-refractivity contribution in [2.75, 3.05) is 12.3 Å². The van der Waals surface area contributed by atoms with Gasteiger partial charge in [0, 0.05) is 0 Å². The molecule has 2 heterocycles. The van der Waals surface area contributed by atoms with Crippen LogP contribution in [0.5, 0.6) is 0 Å². The van der Waals surface area contributed by atoms with Crippen molar-refractivity contribution in [3.8, 4) is 0 Å². The highest BCUT2D eigenvalue weighted by Crippen LogP contribution is 2.37. The molecule has 0 spiro atoms. The minimum Gasteiger partial charge on any atom is -0.381 e. The largest absolute Gasteiger partial charge is 0.469 e. The highest BCUT2D eigenvalue weighted by molar-refractivity contribution is 7.46. The van der Waals surface area contributed by atoms with Crippen LogP contribution < -0.4 is 11.4 Å². The second-order valence-electron chi connectivity index (χ2n) is 4.24. The highest BCUT2D eigenvalue weighted by atomic mass is 31.2. The van der Waals surface area contributed by atoms with E-state index in [1.165, 1.54) is 0 Å². The minimum absolute atomic E-state index is 0.319. The van der Waals surface area contributed by atoms with Crippen molar-refractivity contribution in [1.29, 1.82) is 0 Å². The summed E-state index contributed by atoms with van der Waals surface area (Å²) in [7, 11) is -4.57. The predicted molar refractivity (Wildman–Crippen MR) is 64.0 cm³/mol. The molecule has 0 aromatic carbocycles. The van der Waals surface area contributed by atoms with Crippen LogP contribution in [-0.4, -0.2) is 32.0 Å².